The van der Waals surface area contributed by atoms with Crippen LogP contribution in [0.2, 0.25) is 0 Å². The average Bonchev–Trinajstić information content (AvgIpc) is 2.48. The van der Waals surface area contributed by atoms with Gasteiger partial charge in [-0.3, -0.25) is 4.79 Å². The highest BCUT2D eigenvalue weighted by Crippen LogP contribution is 2.18. The van der Waals surface area contributed by atoms with E-state index < -0.39 is 18.1 Å². The monoisotopic (exact) mass is 337 g/mol. The predicted octanol–water partition coefficient (Wildman–Crippen LogP) is -0.287. The number of ether oxygens (including phenoxy) is 1. The Labute approximate surface area is 128 Å². The van der Waals surface area contributed by atoms with Crippen LogP contribution in [0.5, 0.6) is 0 Å². The summed E-state index contributed by atoms with van der Waals surface area (Å²) in [7, 11) is 0. The molecule has 1 aromatic rings. The summed E-state index contributed by atoms with van der Waals surface area (Å²) in [5, 5.41) is 21.6. The Morgan fingerprint density at radius 3 is 2.52 bits per heavy atom. The van der Waals surface area contributed by atoms with Crippen molar-refractivity contribution in [3.05, 3.63) is 34.8 Å². The molecule has 0 bridgehead atoms. The summed E-state index contributed by atoms with van der Waals surface area (Å²) in [4.78, 5) is 19.9. The number of nitrogens with two attached hydrogens (primary N) is 1. The fourth-order valence-corrected chi connectivity index (χ4v) is 1.66. The third-order valence-electron chi connectivity index (χ3n) is 2.74. The van der Waals surface area contributed by atoms with Crippen molar-refractivity contribution in [2.24, 2.45) is 5.73 Å². The maximum absolute atomic E-state index is 11.3. The summed E-state index contributed by atoms with van der Waals surface area (Å²) in [6, 6.07) is 3.12. The van der Waals surface area contributed by atoms with Crippen LogP contribution in [0.4, 0.5) is 13.2 Å². The molecule has 1 atom stereocenters. The Kier molecular flexibility index (Phi) is 6.28. The molecule has 128 valence electrons. The normalized spacial score (nSPS) is 17.8. The summed E-state index contributed by atoms with van der Waals surface area (Å²) in [5.74, 6) is -3.49. The number of carboxylic acid groups (broad SMARTS) is 1. The van der Waals surface area contributed by atoms with Crippen molar-refractivity contribution >= 4 is 11.9 Å². The third-order valence-corrected chi connectivity index (χ3v) is 2.74. The Morgan fingerprint density at radius 1 is 1.48 bits per heavy atom. The molecule has 0 aliphatic carbocycles. The van der Waals surface area contributed by atoms with Crippen molar-refractivity contribution in [1.82, 2.24) is 5.32 Å². The van der Waals surface area contributed by atoms with E-state index in [1.807, 2.05) is 0 Å². The number of carboxylic acids is 1. The number of aromatic nitrogens is 1. The van der Waals surface area contributed by atoms with E-state index >= 15 is 0 Å². The second kappa shape index (κ2) is 7.74. The molecule has 1 aromatic heterocycles. The van der Waals surface area contributed by atoms with E-state index in [2.05, 4.69) is 5.32 Å². The van der Waals surface area contributed by atoms with Gasteiger partial charge in [0.15, 0.2) is 6.20 Å². The number of alkyl halides is 3. The van der Waals surface area contributed by atoms with E-state index in [-0.39, 0.29) is 11.8 Å². The van der Waals surface area contributed by atoms with Gasteiger partial charge in [0.25, 0.3) is 5.69 Å². The van der Waals surface area contributed by atoms with Gasteiger partial charge in [-0.2, -0.15) is 17.9 Å². The summed E-state index contributed by atoms with van der Waals surface area (Å²) in [6.07, 6.45) is -3.94. The van der Waals surface area contributed by atoms with Crippen LogP contribution < -0.4 is 15.8 Å². The van der Waals surface area contributed by atoms with Crippen LogP contribution in [0.1, 0.15) is 22.2 Å². The van der Waals surface area contributed by atoms with Crippen LogP contribution in [0.15, 0.2) is 18.3 Å². The van der Waals surface area contributed by atoms with Crippen LogP contribution in [0.25, 0.3) is 0 Å². The van der Waals surface area contributed by atoms with E-state index in [4.69, 9.17) is 20.4 Å². The molecule has 4 N–H and O–H groups in total. The van der Waals surface area contributed by atoms with Crippen LogP contribution >= 0.6 is 0 Å². The highest BCUT2D eigenvalue weighted by atomic mass is 19.4. The molecule has 23 heavy (non-hydrogen) atoms. The second-order valence-corrected chi connectivity index (χ2v) is 4.40. The topological polar surface area (TPSA) is 129 Å². The number of nitrogens with one attached hydrogen (secondary N) is 1. The van der Waals surface area contributed by atoms with Crippen molar-refractivity contribution in [1.29, 1.82) is 0 Å². The molecule has 1 aliphatic rings. The number of carbonyl (C=O) groups is 2. The number of amides is 1. The molecular weight excluding hydrogens is 323 g/mol. The smallest absolute Gasteiger partial charge is 0.490 e. The van der Waals surface area contributed by atoms with Crippen LogP contribution in [-0.4, -0.2) is 42.9 Å². The zero-order chi connectivity index (χ0) is 17.6. The molecule has 2 rings (SSSR count). The van der Waals surface area contributed by atoms with Gasteiger partial charge in [0.1, 0.15) is 0 Å². The summed E-state index contributed by atoms with van der Waals surface area (Å²) >= 11 is 0. The first-order valence-electron chi connectivity index (χ1n) is 6.28. The first-order chi connectivity index (χ1) is 10.6. The van der Waals surface area contributed by atoms with Gasteiger partial charge in [0, 0.05) is 25.2 Å². The molecule has 8 nitrogen and oxygen atoms in total. The van der Waals surface area contributed by atoms with Crippen LogP contribution in [0.3, 0.4) is 0 Å². The van der Waals surface area contributed by atoms with Crippen molar-refractivity contribution in [3.63, 3.8) is 0 Å². The van der Waals surface area contributed by atoms with Gasteiger partial charge in [-0.1, -0.05) is 0 Å². The number of hydrogen-bond donors (Lipinski definition) is 3. The number of aliphatic carboxylic acids is 1. The minimum absolute atomic E-state index is 0.0633. The van der Waals surface area contributed by atoms with Gasteiger partial charge in [0.05, 0.1) is 12.7 Å². The van der Waals surface area contributed by atoms with Gasteiger partial charge in [0.2, 0.25) is 0 Å². The number of hydrogen-bond acceptors (Lipinski definition) is 5. The zero-order valence-electron chi connectivity index (χ0n) is 11.7. The van der Waals surface area contributed by atoms with Crippen molar-refractivity contribution in [3.8, 4) is 0 Å². The van der Waals surface area contributed by atoms with E-state index in [9.17, 15) is 23.2 Å². The lowest BCUT2D eigenvalue weighted by Crippen LogP contribution is -2.38. The Morgan fingerprint density at radius 2 is 2.09 bits per heavy atom. The van der Waals surface area contributed by atoms with Crippen LogP contribution in [0, 0.1) is 5.21 Å². The number of pyridine rings is 1. The highest BCUT2D eigenvalue weighted by molar-refractivity contribution is 5.89. The average molecular weight is 337 g/mol. The SMILES string of the molecule is NC(=O)c1cc(C2CNCCO2)cc[n+]1[O-].O=C(O)C(F)(F)F. The van der Waals surface area contributed by atoms with Crippen molar-refractivity contribution in [2.45, 2.75) is 12.3 Å². The molecular formula is C12H14F3N3O5. The van der Waals surface area contributed by atoms with Gasteiger partial charge in [-0.15, -0.1) is 0 Å². The maximum atomic E-state index is 11.3. The summed E-state index contributed by atoms with van der Waals surface area (Å²) in [5.41, 5.74) is 5.82. The summed E-state index contributed by atoms with van der Waals surface area (Å²) < 4.78 is 37.7. The Balaban J connectivity index is 0.000000322. The highest BCUT2D eigenvalue weighted by Gasteiger charge is 2.38. The molecule has 1 saturated heterocycles. The Bertz CT molecular complexity index is 574. The minimum atomic E-state index is -5.08. The number of rotatable bonds is 2. The van der Waals surface area contributed by atoms with Gasteiger partial charge >= 0.3 is 18.1 Å². The standard InChI is InChI=1S/C10H13N3O3.C2HF3O2/c11-10(14)8-5-7(1-3-13(8)15)9-6-12-2-4-16-9;3-2(4,5)1(6)7/h1,3,5,9,12H,2,4,6H2,(H2,11,14);(H,6,7). The minimum Gasteiger partial charge on any atom is -0.618 e. The molecule has 1 unspecified atom stereocenters. The molecule has 1 fully saturated rings. The first-order valence-corrected chi connectivity index (χ1v) is 6.28. The zero-order valence-corrected chi connectivity index (χ0v) is 11.7. The van der Waals surface area contributed by atoms with E-state index in [0.29, 0.717) is 17.9 Å². The molecule has 2 heterocycles. The molecule has 1 aliphatic heterocycles. The lowest BCUT2D eigenvalue weighted by atomic mass is 10.1. The second-order valence-electron chi connectivity index (χ2n) is 4.40. The van der Waals surface area contributed by atoms with Crippen molar-refractivity contribution < 1.29 is 37.3 Å². The first kappa shape index (κ1) is 18.6. The number of carbonyl (C=O) groups excluding carboxylic acids is 1. The largest absolute Gasteiger partial charge is 0.618 e. The van der Waals surface area contributed by atoms with Crippen LogP contribution in [-0.2, 0) is 9.53 Å². The molecule has 0 spiro atoms. The molecule has 11 heteroatoms. The lowest BCUT2D eigenvalue weighted by molar-refractivity contribution is -0.607. The van der Waals surface area contributed by atoms with Gasteiger partial charge in [-0.05, 0) is 5.56 Å². The number of primary amides is 1. The van der Waals surface area contributed by atoms with E-state index in [1.54, 1.807) is 6.07 Å². The van der Waals surface area contributed by atoms with E-state index in [0.717, 1.165) is 12.1 Å². The number of halogens is 3. The predicted molar refractivity (Wildman–Crippen MR) is 69.2 cm³/mol. The van der Waals surface area contributed by atoms with Crippen molar-refractivity contribution in [2.75, 3.05) is 19.7 Å². The molecule has 0 radical (unpaired) electrons. The lowest BCUT2D eigenvalue weighted by Gasteiger charge is -2.23. The summed E-state index contributed by atoms with van der Waals surface area (Å²) in [6.45, 7) is 2.09. The molecule has 0 aromatic carbocycles. The molecule has 0 saturated carbocycles. The van der Waals surface area contributed by atoms with Gasteiger partial charge in [-0.25, -0.2) is 4.79 Å². The Hall–Kier alpha value is -2.40. The third kappa shape index (κ3) is 5.71. The van der Waals surface area contributed by atoms with Gasteiger partial charge < -0.3 is 26.1 Å². The fraction of sp³-hybridized carbons (Fsp3) is 0.417. The number of nitrogens with zero attached hydrogens (tertiary/aromatic N) is 1. The fourth-order valence-electron chi connectivity index (χ4n) is 1.66. The molecule has 1 amide bonds. The maximum Gasteiger partial charge on any atom is 0.490 e. The quantitative estimate of drug-likeness (QED) is 0.503. The van der Waals surface area contributed by atoms with E-state index in [1.165, 1.54) is 12.3 Å². The number of morpholine rings is 1.